The minimum atomic E-state index is -0.842. The fourth-order valence-electron chi connectivity index (χ4n) is 4.16. The fraction of sp³-hybridized carbons (Fsp3) is 0.222. The van der Waals surface area contributed by atoms with E-state index in [1.165, 1.54) is 34.8 Å². The third kappa shape index (κ3) is 5.25. The molecule has 1 aliphatic heterocycles. The molecule has 1 atom stereocenters. The number of fused-ring (bicyclic) bond motifs is 1. The number of aromatic nitrogens is 3. The van der Waals surface area contributed by atoms with E-state index in [2.05, 4.69) is 15.0 Å². The summed E-state index contributed by atoms with van der Waals surface area (Å²) in [5, 5.41) is 1.13. The predicted molar refractivity (Wildman–Crippen MR) is 145 cm³/mol. The minimum absolute atomic E-state index is 0.175. The van der Waals surface area contributed by atoms with Crippen molar-refractivity contribution >= 4 is 35.1 Å². The van der Waals surface area contributed by atoms with Gasteiger partial charge >= 0.3 is 5.97 Å². The van der Waals surface area contributed by atoms with Crippen LogP contribution < -0.4 is 24.4 Å². The van der Waals surface area contributed by atoms with Gasteiger partial charge in [-0.2, -0.15) is 0 Å². The fourth-order valence-corrected chi connectivity index (χ4v) is 5.87. The number of methoxy groups -OCH3 is 2. The molecule has 200 valence electrons. The third-order valence-corrected chi connectivity index (χ3v) is 7.65. The summed E-state index contributed by atoms with van der Waals surface area (Å²) in [4.78, 5) is 40.4. The van der Waals surface area contributed by atoms with E-state index in [4.69, 9.17) is 18.6 Å². The lowest BCUT2D eigenvalue weighted by Crippen LogP contribution is -2.40. The van der Waals surface area contributed by atoms with Crippen LogP contribution in [0.4, 0.5) is 0 Å². The molecule has 4 heterocycles. The number of benzene rings is 1. The van der Waals surface area contributed by atoms with Gasteiger partial charge in [0.25, 0.3) is 5.56 Å². The summed E-state index contributed by atoms with van der Waals surface area (Å²) in [5.41, 5.74) is 0.943. The van der Waals surface area contributed by atoms with Crippen LogP contribution in [-0.4, -0.2) is 41.3 Å². The molecule has 0 N–H and O–H groups in total. The van der Waals surface area contributed by atoms with Crippen molar-refractivity contribution in [3.8, 4) is 11.5 Å². The number of rotatable bonds is 8. The molecule has 0 saturated heterocycles. The number of furan rings is 1. The summed E-state index contributed by atoms with van der Waals surface area (Å²) in [6, 6.07) is 9.69. The van der Waals surface area contributed by atoms with E-state index in [0.717, 1.165) is 0 Å². The summed E-state index contributed by atoms with van der Waals surface area (Å²) < 4.78 is 24.2. The number of esters is 1. The molecule has 39 heavy (non-hydrogen) atoms. The van der Waals surface area contributed by atoms with Crippen LogP contribution in [0, 0.1) is 0 Å². The van der Waals surface area contributed by atoms with Crippen molar-refractivity contribution in [3.63, 3.8) is 0 Å². The number of thiazole rings is 1. The number of carbonyl (C=O) groups is 1. The number of hydrogen-bond acceptors (Lipinski definition) is 11. The van der Waals surface area contributed by atoms with Crippen LogP contribution >= 0.6 is 23.1 Å². The molecule has 0 saturated carbocycles. The zero-order chi connectivity index (χ0) is 27.5. The van der Waals surface area contributed by atoms with E-state index in [0.29, 0.717) is 48.1 Å². The number of hydrogen-bond donors (Lipinski definition) is 0. The van der Waals surface area contributed by atoms with Crippen LogP contribution in [0.25, 0.3) is 6.08 Å². The van der Waals surface area contributed by atoms with Crippen LogP contribution in [0.1, 0.15) is 31.2 Å². The van der Waals surface area contributed by atoms with Gasteiger partial charge in [0.05, 0.1) is 36.6 Å². The molecule has 0 radical (unpaired) electrons. The molecule has 12 heteroatoms. The molecular formula is C27H24N4O6S2. The Morgan fingerprint density at radius 1 is 1.18 bits per heavy atom. The topological polar surface area (TPSA) is 118 Å². The normalized spacial score (nSPS) is 15.1. The molecule has 0 fully saturated rings. The average Bonchev–Trinajstić information content (AvgIpc) is 3.51. The van der Waals surface area contributed by atoms with Crippen LogP contribution in [0.15, 0.2) is 84.5 Å². The van der Waals surface area contributed by atoms with Crippen molar-refractivity contribution < 1.29 is 23.4 Å². The highest BCUT2D eigenvalue weighted by Gasteiger charge is 2.35. The second-order valence-electron chi connectivity index (χ2n) is 8.20. The molecule has 0 amide bonds. The zero-order valence-electron chi connectivity index (χ0n) is 21.5. The second kappa shape index (κ2) is 11.3. The molecule has 10 nitrogen and oxygen atoms in total. The molecule has 0 bridgehead atoms. The van der Waals surface area contributed by atoms with Crippen LogP contribution in [0.5, 0.6) is 11.5 Å². The maximum Gasteiger partial charge on any atom is 0.338 e. The Balaban J connectivity index is 1.64. The Morgan fingerprint density at radius 3 is 2.69 bits per heavy atom. The first-order valence-electron chi connectivity index (χ1n) is 11.9. The molecule has 5 rings (SSSR count). The first-order chi connectivity index (χ1) is 18.9. The van der Waals surface area contributed by atoms with Gasteiger partial charge in [0.1, 0.15) is 23.3 Å². The second-order valence-corrected chi connectivity index (χ2v) is 10.2. The molecule has 1 aromatic carbocycles. The summed E-state index contributed by atoms with van der Waals surface area (Å²) in [6.45, 7) is 3.63. The van der Waals surface area contributed by atoms with Gasteiger partial charge in [-0.1, -0.05) is 11.3 Å². The first kappa shape index (κ1) is 26.4. The van der Waals surface area contributed by atoms with Gasteiger partial charge in [-0.15, -0.1) is 0 Å². The molecule has 1 aliphatic rings. The van der Waals surface area contributed by atoms with Crippen molar-refractivity contribution in [2.75, 3.05) is 20.8 Å². The Labute approximate surface area is 231 Å². The number of carbonyl (C=O) groups excluding carboxylic acids is 1. The molecule has 0 spiro atoms. The average molecular weight is 565 g/mol. The van der Waals surface area contributed by atoms with Gasteiger partial charge in [0.2, 0.25) is 0 Å². The number of allylic oxidation sites excluding steroid dienone is 1. The van der Waals surface area contributed by atoms with Gasteiger partial charge < -0.3 is 18.6 Å². The van der Waals surface area contributed by atoms with Crippen molar-refractivity contribution in [1.29, 1.82) is 0 Å². The van der Waals surface area contributed by atoms with E-state index in [-0.39, 0.29) is 17.7 Å². The van der Waals surface area contributed by atoms with Crippen molar-refractivity contribution in [3.05, 3.63) is 91.1 Å². The SMILES string of the molecule is CCOC(=O)C1=C(C)N=c2s/c(=C/c3ccc(Sc4ncccn4)o3)c(=O)n2[C@H]1c1cc(OC)ccc1OC. The van der Waals surface area contributed by atoms with Crippen molar-refractivity contribution in [2.24, 2.45) is 4.99 Å². The Bertz CT molecular complexity index is 1740. The quantitative estimate of drug-likeness (QED) is 0.235. The lowest BCUT2D eigenvalue weighted by atomic mass is 9.95. The molecular weight excluding hydrogens is 540 g/mol. The largest absolute Gasteiger partial charge is 0.497 e. The van der Waals surface area contributed by atoms with Crippen LogP contribution in [0.2, 0.25) is 0 Å². The van der Waals surface area contributed by atoms with Crippen molar-refractivity contribution in [1.82, 2.24) is 14.5 Å². The number of nitrogens with zero attached hydrogens (tertiary/aromatic N) is 4. The monoisotopic (exact) mass is 564 g/mol. The Kier molecular flexibility index (Phi) is 7.66. The van der Waals surface area contributed by atoms with E-state index < -0.39 is 12.0 Å². The highest BCUT2D eigenvalue weighted by atomic mass is 32.2. The zero-order valence-corrected chi connectivity index (χ0v) is 23.2. The Morgan fingerprint density at radius 2 is 1.97 bits per heavy atom. The van der Waals surface area contributed by atoms with Crippen LogP contribution in [0.3, 0.4) is 0 Å². The standard InChI is InChI=1S/C27H24N4O6S2/c1-5-36-25(33)22-15(2)30-27-31(23(22)18-13-16(34-3)7-9-19(18)35-4)24(32)20(38-27)14-17-8-10-21(37-17)39-26-28-11-6-12-29-26/h6-14,23H,5H2,1-4H3/b20-14+/t23-/m0/s1. The van der Waals surface area contributed by atoms with E-state index in [9.17, 15) is 9.59 Å². The van der Waals surface area contributed by atoms with Gasteiger partial charge in [-0.05, 0) is 62.0 Å². The Hall–Kier alpha value is -4.16. The van der Waals surface area contributed by atoms with E-state index in [1.807, 2.05) is 0 Å². The molecule has 0 aliphatic carbocycles. The summed E-state index contributed by atoms with van der Waals surface area (Å²) in [5.74, 6) is 0.964. The lowest BCUT2D eigenvalue weighted by molar-refractivity contribution is -0.139. The molecule has 3 aromatic heterocycles. The highest BCUT2D eigenvalue weighted by molar-refractivity contribution is 7.99. The summed E-state index contributed by atoms with van der Waals surface area (Å²) in [7, 11) is 3.08. The van der Waals surface area contributed by atoms with E-state index >= 15 is 0 Å². The van der Waals surface area contributed by atoms with Gasteiger partial charge in [-0.25, -0.2) is 19.8 Å². The maximum atomic E-state index is 13.9. The van der Waals surface area contributed by atoms with Gasteiger partial charge in [-0.3, -0.25) is 9.36 Å². The van der Waals surface area contributed by atoms with Gasteiger partial charge in [0.15, 0.2) is 15.1 Å². The molecule has 4 aromatic rings. The lowest BCUT2D eigenvalue weighted by Gasteiger charge is -2.26. The smallest absolute Gasteiger partial charge is 0.338 e. The molecule has 0 unspecified atom stereocenters. The summed E-state index contributed by atoms with van der Waals surface area (Å²) >= 11 is 2.47. The maximum absolute atomic E-state index is 13.9. The van der Waals surface area contributed by atoms with Gasteiger partial charge in [0, 0.05) is 24.0 Å². The predicted octanol–water partition coefficient (Wildman–Crippen LogP) is 3.35. The highest BCUT2D eigenvalue weighted by Crippen LogP contribution is 2.37. The number of ether oxygens (including phenoxy) is 3. The van der Waals surface area contributed by atoms with Crippen LogP contribution in [-0.2, 0) is 9.53 Å². The first-order valence-corrected chi connectivity index (χ1v) is 13.5. The van der Waals surface area contributed by atoms with E-state index in [1.54, 1.807) is 75.8 Å². The van der Waals surface area contributed by atoms with Crippen molar-refractivity contribution in [2.45, 2.75) is 30.1 Å². The third-order valence-electron chi connectivity index (χ3n) is 5.86. The summed E-state index contributed by atoms with van der Waals surface area (Å²) in [6.07, 6.45) is 4.96. The minimum Gasteiger partial charge on any atom is -0.497 e.